The van der Waals surface area contributed by atoms with Crippen LogP contribution in [0.2, 0.25) is 0 Å². The molecule has 1 aromatic heterocycles. The summed E-state index contributed by atoms with van der Waals surface area (Å²) in [6, 6.07) is 1.69. The third-order valence-corrected chi connectivity index (χ3v) is 6.35. The van der Waals surface area contributed by atoms with E-state index in [0.717, 1.165) is 36.5 Å². The Bertz CT molecular complexity index is 512. The molecular formula is C13H25N3O2S2. The highest BCUT2D eigenvalue weighted by atomic mass is 32.2. The predicted molar refractivity (Wildman–Crippen MR) is 84.5 cm³/mol. The number of nitrogens with two attached hydrogens (primary N) is 1. The van der Waals surface area contributed by atoms with Gasteiger partial charge in [0.05, 0.1) is 0 Å². The molecule has 20 heavy (non-hydrogen) atoms. The van der Waals surface area contributed by atoms with Crippen molar-refractivity contribution in [2.45, 2.75) is 37.9 Å². The van der Waals surface area contributed by atoms with Gasteiger partial charge in [0.1, 0.15) is 4.21 Å². The summed E-state index contributed by atoms with van der Waals surface area (Å²) in [4.78, 5) is 3.15. The number of nitrogens with zero attached hydrogens (tertiary/aromatic N) is 1. The van der Waals surface area contributed by atoms with E-state index in [-0.39, 0.29) is 0 Å². The minimum atomic E-state index is -3.40. The van der Waals surface area contributed by atoms with E-state index in [1.807, 2.05) is 6.92 Å². The van der Waals surface area contributed by atoms with E-state index in [4.69, 9.17) is 5.73 Å². The molecule has 0 fully saturated rings. The molecule has 116 valence electrons. The Morgan fingerprint density at radius 3 is 2.55 bits per heavy atom. The Morgan fingerprint density at radius 1 is 1.35 bits per heavy atom. The van der Waals surface area contributed by atoms with Crippen LogP contribution < -0.4 is 10.5 Å². The molecule has 0 saturated heterocycles. The van der Waals surface area contributed by atoms with Crippen LogP contribution in [0, 0.1) is 6.92 Å². The zero-order valence-electron chi connectivity index (χ0n) is 12.5. The zero-order chi connectivity index (χ0) is 15.2. The molecule has 5 nitrogen and oxygen atoms in total. The lowest BCUT2D eigenvalue weighted by atomic mass is 10.3. The largest absolute Gasteiger partial charge is 0.326 e. The molecule has 0 amide bonds. The molecule has 0 bridgehead atoms. The molecule has 0 saturated carbocycles. The molecule has 0 aliphatic carbocycles. The Labute approximate surface area is 126 Å². The van der Waals surface area contributed by atoms with E-state index in [0.29, 0.717) is 17.3 Å². The molecule has 0 aliphatic rings. The summed E-state index contributed by atoms with van der Waals surface area (Å²) in [6.07, 6.45) is 1.07. The van der Waals surface area contributed by atoms with Crippen LogP contribution in [0.15, 0.2) is 10.3 Å². The fourth-order valence-corrected chi connectivity index (χ4v) is 4.51. The quantitative estimate of drug-likeness (QED) is 0.724. The van der Waals surface area contributed by atoms with Crippen LogP contribution in [0.3, 0.4) is 0 Å². The van der Waals surface area contributed by atoms with Gasteiger partial charge in [0.2, 0.25) is 10.0 Å². The van der Waals surface area contributed by atoms with Crippen LogP contribution in [0.25, 0.3) is 0 Å². The van der Waals surface area contributed by atoms with Gasteiger partial charge in [0, 0.05) is 24.5 Å². The van der Waals surface area contributed by atoms with Gasteiger partial charge < -0.3 is 10.6 Å². The molecule has 0 aliphatic heterocycles. The van der Waals surface area contributed by atoms with Crippen molar-refractivity contribution < 1.29 is 8.42 Å². The first-order valence-electron chi connectivity index (χ1n) is 6.96. The van der Waals surface area contributed by atoms with Gasteiger partial charge in [-0.25, -0.2) is 13.1 Å². The Balaban J connectivity index is 2.61. The summed E-state index contributed by atoms with van der Waals surface area (Å²) in [5.41, 5.74) is 6.53. The number of nitrogens with one attached hydrogen (secondary N) is 1. The van der Waals surface area contributed by atoms with Gasteiger partial charge >= 0.3 is 0 Å². The SMILES string of the molecule is CCCN(CC)CCNS(=O)(=O)c1cc(C)c(CN)s1. The van der Waals surface area contributed by atoms with Crippen molar-refractivity contribution in [3.8, 4) is 0 Å². The Hall–Kier alpha value is -0.470. The van der Waals surface area contributed by atoms with Gasteiger partial charge in [-0.2, -0.15) is 0 Å². The summed E-state index contributed by atoms with van der Waals surface area (Å²) < 4.78 is 27.4. The molecular weight excluding hydrogens is 294 g/mol. The number of likely N-dealkylation sites (N-methyl/N-ethyl adjacent to an activating group) is 1. The molecule has 0 atom stereocenters. The third kappa shape index (κ3) is 4.82. The van der Waals surface area contributed by atoms with Gasteiger partial charge in [0.15, 0.2) is 0 Å². The molecule has 0 aromatic carbocycles. The molecule has 0 spiro atoms. The number of thiophene rings is 1. The number of sulfonamides is 1. The number of rotatable bonds is 9. The number of aryl methyl sites for hydroxylation is 1. The third-order valence-electron chi connectivity index (χ3n) is 3.16. The molecule has 0 unspecified atom stereocenters. The highest BCUT2D eigenvalue weighted by Gasteiger charge is 2.18. The normalized spacial score (nSPS) is 12.2. The first-order chi connectivity index (χ1) is 9.44. The lowest BCUT2D eigenvalue weighted by molar-refractivity contribution is 0.293. The van der Waals surface area contributed by atoms with Crippen LogP contribution in [0.4, 0.5) is 0 Å². The van der Waals surface area contributed by atoms with Gasteiger partial charge in [-0.05, 0) is 38.1 Å². The second-order valence-electron chi connectivity index (χ2n) is 4.71. The van der Waals surface area contributed by atoms with Crippen molar-refractivity contribution >= 4 is 21.4 Å². The lowest BCUT2D eigenvalue weighted by Crippen LogP contribution is -2.35. The second kappa shape index (κ2) is 8.09. The van der Waals surface area contributed by atoms with Crippen LogP contribution in [-0.2, 0) is 16.6 Å². The first-order valence-corrected chi connectivity index (χ1v) is 9.26. The minimum Gasteiger partial charge on any atom is -0.326 e. The Morgan fingerprint density at radius 2 is 2.05 bits per heavy atom. The fourth-order valence-electron chi connectivity index (χ4n) is 1.98. The minimum absolute atomic E-state index is 0.356. The second-order valence-corrected chi connectivity index (χ2v) is 7.84. The van der Waals surface area contributed by atoms with Crippen LogP contribution >= 0.6 is 11.3 Å². The van der Waals surface area contributed by atoms with E-state index in [2.05, 4.69) is 23.5 Å². The van der Waals surface area contributed by atoms with E-state index in [9.17, 15) is 8.42 Å². The fraction of sp³-hybridized carbons (Fsp3) is 0.692. The van der Waals surface area contributed by atoms with E-state index in [1.54, 1.807) is 6.07 Å². The summed E-state index contributed by atoms with van der Waals surface area (Å²) in [5.74, 6) is 0. The van der Waals surface area contributed by atoms with Gasteiger partial charge in [-0.1, -0.05) is 13.8 Å². The topological polar surface area (TPSA) is 75.4 Å². The zero-order valence-corrected chi connectivity index (χ0v) is 14.1. The molecule has 1 aromatic rings. The van der Waals surface area contributed by atoms with Gasteiger partial charge in [-0.3, -0.25) is 0 Å². The number of hydrogen-bond donors (Lipinski definition) is 2. The average molecular weight is 319 g/mol. The summed E-state index contributed by atoms with van der Waals surface area (Å²) >= 11 is 1.25. The maximum absolute atomic E-state index is 12.2. The van der Waals surface area contributed by atoms with E-state index in [1.165, 1.54) is 11.3 Å². The van der Waals surface area contributed by atoms with Crippen molar-refractivity contribution in [1.29, 1.82) is 0 Å². The molecule has 0 radical (unpaired) electrons. The average Bonchev–Trinajstić information content (AvgIpc) is 2.79. The van der Waals surface area contributed by atoms with Gasteiger partial charge in [0.25, 0.3) is 0 Å². The predicted octanol–water partition coefficient (Wildman–Crippen LogP) is 1.53. The molecule has 7 heteroatoms. The van der Waals surface area contributed by atoms with E-state index < -0.39 is 10.0 Å². The maximum Gasteiger partial charge on any atom is 0.250 e. The first kappa shape index (κ1) is 17.6. The molecule has 1 rings (SSSR count). The summed E-state index contributed by atoms with van der Waals surface area (Å²) in [6.45, 7) is 9.57. The summed E-state index contributed by atoms with van der Waals surface area (Å²) in [5, 5.41) is 0. The van der Waals surface area contributed by atoms with Crippen molar-refractivity contribution in [3.63, 3.8) is 0 Å². The number of hydrogen-bond acceptors (Lipinski definition) is 5. The van der Waals surface area contributed by atoms with Gasteiger partial charge in [-0.15, -0.1) is 11.3 Å². The van der Waals surface area contributed by atoms with Crippen molar-refractivity contribution in [3.05, 3.63) is 16.5 Å². The standard InChI is InChI=1S/C13H25N3O2S2/c1-4-7-16(5-2)8-6-15-20(17,18)13-9-11(3)12(10-14)19-13/h9,15H,4-8,10,14H2,1-3H3. The smallest absolute Gasteiger partial charge is 0.250 e. The van der Waals surface area contributed by atoms with Crippen molar-refractivity contribution in [1.82, 2.24) is 9.62 Å². The summed E-state index contributed by atoms with van der Waals surface area (Å²) in [7, 11) is -3.40. The Kier molecular flexibility index (Phi) is 7.11. The molecule has 3 N–H and O–H groups in total. The maximum atomic E-state index is 12.2. The highest BCUT2D eigenvalue weighted by molar-refractivity contribution is 7.91. The highest BCUT2D eigenvalue weighted by Crippen LogP contribution is 2.25. The van der Waals surface area contributed by atoms with E-state index >= 15 is 0 Å². The monoisotopic (exact) mass is 319 g/mol. The van der Waals surface area contributed by atoms with Crippen LogP contribution in [0.1, 0.15) is 30.7 Å². The van der Waals surface area contributed by atoms with Crippen molar-refractivity contribution in [2.75, 3.05) is 26.2 Å². The molecule has 1 heterocycles. The van der Waals surface area contributed by atoms with Crippen molar-refractivity contribution in [2.24, 2.45) is 5.73 Å². The van der Waals surface area contributed by atoms with Crippen LogP contribution in [0.5, 0.6) is 0 Å². The van der Waals surface area contributed by atoms with Crippen LogP contribution in [-0.4, -0.2) is 39.5 Å². The lowest BCUT2D eigenvalue weighted by Gasteiger charge is -2.19.